The summed E-state index contributed by atoms with van der Waals surface area (Å²) >= 11 is 0. The van der Waals surface area contributed by atoms with E-state index in [1.807, 2.05) is 0 Å². The predicted octanol–water partition coefficient (Wildman–Crippen LogP) is 6.72. The standard InChI is InChI=1S/C21H31N3O3S.C20H29N3O3S.5H2/c1-2-10-24-11-9-15(13-24)14-28(26,27)23-21(25)22-20-18-7-3-5-16(18)12-17-6-4-8-19(17)20;1-2-11-21-20(9-10-20)13-27(25,26)23-19(24)22-18-16-7-3-5-14(16)12-15-6-4-8-17(15)18;;;;;/h12,15H,2-11,13-14H2,1H3,(H2,22,23,25);12,21H,2-11,13H2,1H3,(H2,22,23,24);5*1H. The second-order valence-corrected chi connectivity index (χ2v) is 20.3. The molecule has 2 aromatic rings. The Morgan fingerprint density at radius 1 is 0.709 bits per heavy atom. The Hall–Kier alpha value is -3.20. The van der Waals surface area contributed by atoms with Crippen LogP contribution in [-0.4, -0.2) is 77.0 Å². The van der Waals surface area contributed by atoms with Gasteiger partial charge in [-0.25, -0.2) is 35.9 Å². The number of anilines is 2. The van der Waals surface area contributed by atoms with Gasteiger partial charge in [-0.15, -0.1) is 0 Å². The van der Waals surface area contributed by atoms with E-state index in [1.54, 1.807) is 0 Å². The lowest BCUT2D eigenvalue weighted by Crippen LogP contribution is -2.45. The molecule has 6 aliphatic rings. The number of nitrogens with one attached hydrogen (secondary N) is 5. The molecule has 14 heteroatoms. The Bertz CT molecular complexity index is 1970. The normalized spacial score (nSPS) is 20.5. The minimum atomic E-state index is -3.68. The Morgan fingerprint density at radius 3 is 1.62 bits per heavy atom. The number of nitrogens with zero attached hydrogens (tertiary/aromatic N) is 1. The van der Waals surface area contributed by atoms with E-state index < -0.39 is 32.1 Å². The third-order valence-electron chi connectivity index (χ3n) is 12.4. The number of likely N-dealkylation sites (tertiary alicyclic amines) is 1. The first-order chi connectivity index (χ1) is 26.4. The van der Waals surface area contributed by atoms with E-state index in [4.69, 9.17) is 0 Å². The molecule has 5 aliphatic carbocycles. The van der Waals surface area contributed by atoms with Crippen LogP contribution < -0.4 is 25.4 Å². The van der Waals surface area contributed by atoms with Crippen LogP contribution in [0.1, 0.15) is 123 Å². The van der Waals surface area contributed by atoms with Crippen molar-refractivity contribution in [3.63, 3.8) is 0 Å². The molecule has 2 fully saturated rings. The molecule has 1 heterocycles. The van der Waals surface area contributed by atoms with Gasteiger partial charge in [-0.1, -0.05) is 26.0 Å². The molecule has 8 rings (SSSR count). The molecule has 1 saturated carbocycles. The average molecular weight is 807 g/mol. The van der Waals surface area contributed by atoms with E-state index in [9.17, 15) is 26.4 Å². The van der Waals surface area contributed by atoms with Crippen LogP contribution in [0.3, 0.4) is 0 Å². The molecule has 1 saturated heterocycles. The number of urea groups is 2. The van der Waals surface area contributed by atoms with Gasteiger partial charge in [-0.3, -0.25) is 0 Å². The molecule has 55 heavy (non-hydrogen) atoms. The highest BCUT2D eigenvalue weighted by Gasteiger charge is 2.46. The number of carbonyl (C=O) groups excluding carboxylic acids is 2. The van der Waals surface area contributed by atoms with E-state index >= 15 is 0 Å². The Kier molecular flexibility index (Phi) is 12.2. The van der Waals surface area contributed by atoms with Crippen molar-refractivity contribution >= 4 is 43.5 Å². The number of sulfonamides is 2. The number of hydrogen-bond acceptors (Lipinski definition) is 8. The molecule has 0 aromatic heterocycles. The molecule has 1 atom stereocenters. The second kappa shape index (κ2) is 16.7. The third-order valence-corrected chi connectivity index (χ3v) is 15.2. The molecule has 1 aliphatic heterocycles. The monoisotopic (exact) mass is 806 g/mol. The highest BCUT2D eigenvalue weighted by atomic mass is 32.2. The third kappa shape index (κ3) is 9.68. The first-order valence-electron chi connectivity index (χ1n) is 20.8. The minimum Gasteiger partial charge on any atom is -0.310 e. The van der Waals surface area contributed by atoms with Crippen molar-refractivity contribution < 1.29 is 33.6 Å². The van der Waals surface area contributed by atoms with Gasteiger partial charge in [0.25, 0.3) is 0 Å². The molecule has 12 nitrogen and oxygen atoms in total. The fraction of sp³-hybridized carbons (Fsp3) is 0.659. The van der Waals surface area contributed by atoms with Gasteiger partial charge in [0.05, 0.1) is 11.5 Å². The highest BCUT2D eigenvalue weighted by molar-refractivity contribution is 7.90. The summed E-state index contributed by atoms with van der Waals surface area (Å²) in [5.41, 5.74) is 11.5. The van der Waals surface area contributed by atoms with Crippen molar-refractivity contribution in [3.05, 3.63) is 56.6 Å². The van der Waals surface area contributed by atoms with Crippen LogP contribution in [0.2, 0.25) is 0 Å². The first-order valence-corrected chi connectivity index (χ1v) is 24.1. The van der Waals surface area contributed by atoms with Crippen molar-refractivity contribution in [1.29, 1.82) is 0 Å². The molecule has 312 valence electrons. The summed E-state index contributed by atoms with van der Waals surface area (Å²) in [5.74, 6) is 0.0754. The Morgan fingerprint density at radius 2 is 1.18 bits per heavy atom. The maximum Gasteiger partial charge on any atom is 0.332 e. The predicted molar refractivity (Wildman–Crippen MR) is 229 cm³/mol. The molecule has 5 N–H and O–H groups in total. The zero-order valence-corrected chi connectivity index (χ0v) is 34.3. The van der Waals surface area contributed by atoms with Crippen LogP contribution in [0.5, 0.6) is 0 Å². The molecule has 0 radical (unpaired) electrons. The van der Waals surface area contributed by atoms with Gasteiger partial charge >= 0.3 is 12.1 Å². The van der Waals surface area contributed by atoms with Crippen molar-refractivity contribution in [2.45, 2.75) is 129 Å². The van der Waals surface area contributed by atoms with Gasteiger partial charge < -0.3 is 20.9 Å². The summed E-state index contributed by atoms with van der Waals surface area (Å²) in [5, 5.41) is 9.13. The number of rotatable bonds is 13. The van der Waals surface area contributed by atoms with Crippen LogP contribution in [0, 0.1) is 5.92 Å². The quantitative estimate of drug-likeness (QED) is 0.149. The number of aryl methyl sites for hydroxylation is 4. The molecule has 2 aromatic carbocycles. The number of fused-ring (bicyclic) bond motifs is 4. The summed E-state index contributed by atoms with van der Waals surface area (Å²) < 4.78 is 54.6. The first kappa shape index (κ1) is 40.0. The summed E-state index contributed by atoms with van der Waals surface area (Å²) in [6.07, 6.45) is 17.0. The van der Waals surface area contributed by atoms with E-state index in [1.165, 1.54) is 44.5 Å². The molecule has 0 bridgehead atoms. The zero-order chi connectivity index (χ0) is 38.8. The molecule has 1 unspecified atom stereocenters. The average Bonchev–Trinajstić information content (AvgIpc) is 3.80. The van der Waals surface area contributed by atoms with Gasteiger partial charge in [0.15, 0.2) is 0 Å². The smallest absolute Gasteiger partial charge is 0.310 e. The van der Waals surface area contributed by atoms with Crippen LogP contribution >= 0.6 is 0 Å². The summed E-state index contributed by atoms with van der Waals surface area (Å²) in [6.45, 7) is 7.74. The molecular formula is C41H70N6O6S2. The number of carbonyl (C=O) groups is 2. The van der Waals surface area contributed by atoms with Crippen LogP contribution in [-0.2, 0) is 71.4 Å². The number of benzene rings is 2. The fourth-order valence-electron chi connectivity index (χ4n) is 9.73. The molecular weight excluding hydrogens is 737 g/mol. The number of hydrogen-bond donors (Lipinski definition) is 5. The van der Waals surface area contributed by atoms with E-state index in [2.05, 4.69) is 56.3 Å². The lowest BCUT2D eigenvalue weighted by molar-refractivity contribution is 0.255. The van der Waals surface area contributed by atoms with E-state index in [0.29, 0.717) is 0 Å². The van der Waals surface area contributed by atoms with Gasteiger partial charge in [0.1, 0.15) is 0 Å². The maximum atomic E-state index is 12.6. The second-order valence-electron chi connectivity index (χ2n) is 16.8. The van der Waals surface area contributed by atoms with Crippen molar-refractivity contribution in [1.82, 2.24) is 19.7 Å². The number of amides is 4. The Balaban J connectivity index is 0.000000382. The van der Waals surface area contributed by atoms with Crippen molar-refractivity contribution in [2.75, 3.05) is 48.3 Å². The highest BCUT2D eigenvalue weighted by Crippen LogP contribution is 2.40. The maximum absolute atomic E-state index is 12.6. The minimum absolute atomic E-state index is 0. The van der Waals surface area contributed by atoms with Crippen molar-refractivity contribution in [3.8, 4) is 0 Å². The fourth-order valence-corrected chi connectivity index (χ4v) is 12.6. The van der Waals surface area contributed by atoms with Gasteiger partial charge in [-0.05, 0) is 179 Å². The van der Waals surface area contributed by atoms with E-state index in [0.717, 1.165) is 147 Å². The lowest BCUT2D eigenvalue weighted by Gasteiger charge is -2.19. The summed E-state index contributed by atoms with van der Waals surface area (Å²) in [4.78, 5) is 27.4. The molecule has 4 amide bonds. The zero-order valence-electron chi connectivity index (χ0n) is 32.7. The summed E-state index contributed by atoms with van der Waals surface area (Å²) in [7, 11) is -7.32. The van der Waals surface area contributed by atoms with Gasteiger partial charge in [0.2, 0.25) is 20.0 Å². The lowest BCUT2D eigenvalue weighted by atomic mass is 9.99. The molecule has 0 spiro atoms. The van der Waals surface area contributed by atoms with Crippen LogP contribution in [0.25, 0.3) is 0 Å². The van der Waals surface area contributed by atoms with Gasteiger partial charge in [-0.2, -0.15) is 0 Å². The SMILES string of the molecule is CCCN1CCC(CS(=O)(=O)NC(=O)Nc2c3c(cc4c2CCC4)CCC3)C1.CCCNC1(CS(=O)(=O)NC(=O)Nc2c3c(cc4c2CCC4)CCC3)CC1.[HH].[HH].[HH].[HH].[HH]. The van der Waals surface area contributed by atoms with Crippen molar-refractivity contribution in [2.24, 2.45) is 5.92 Å². The van der Waals surface area contributed by atoms with Gasteiger partial charge in [0, 0.05) is 30.6 Å². The topological polar surface area (TPSA) is 166 Å². The van der Waals surface area contributed by atoms with Crippen LogP contribution in [0.4, 0.5) is 21.0 Å². The Labute approximate surface area is 335 Å². The van der Waals surface area contributed by atoms with E-state index in [-0.39, 0.29) is 30.1 Å². The largest absolute Gasteiger partial charge is 0.332 e. The summed E-state index contributed by atoms with van der Waals surface area (Å²) in [6, 6.07) is 3.35. The van der Waals surface area contributed by atoms with Crippen LogP contribution in [0.15, 0.2) is 12.1 Å².